The maximum atomic E-state index is 9.41. The van der Waals surface area contributed by atoms with Crippen molar-refractivity contribution >= 4 is 0 Å². The second-order valence-electron chi connectivity index (χ2n) is 4.58. The highest BCUT2D eigenvalue weighted by Gasteiger charge is 2.15. The van der Waals surface area contributed by atoms with E-state index in [4.69, 9.17) is 5.73 Å². The van der Waals surface area contributed by atoms with Gasteiger partial charge in [0.25, 0.3) is 0 Å². The van der Waals surface area contributed by atoms with Gasteiger partial charge in [0.2, 0.25) is 0 Å². The molecule has 0 aliphatic carbocycles. The predicted octanol–water partition coefficient (Wildman–Crippen LogP) is 0.469. The largest absolute Gasteiger partial charge is 0.508 e. The molecule has 1 aliphatic heterocycles. The van der Waals surface area contributed by atoms with E-state index in [1.807, 2.05) is 12.1 Å². The first-order chi connectivity index (χ1) is 8.28. The van der Waals surface area contributed by atoms with Gasteiger partial charge < -0.3 is 10.8 Å². The van der Waals surface area contributed by atoms with Gasteiger partial charge in [-0.05, 0) is 17.7 Å². The van der Waals surface area contributed by atoms with E-state index >= 15 is 0 Å². The summed E-state index contributed by atoms with van der Waals surface area (Å²) < 4.78 is 0. The van der Waals surface area contributed by atoms with Gasteiger partial charge in [-0.2, -0.15) is 0 Å². The first kappa shape index (κ1) is 12.4. The number of phenolic OH excluding ortho intramolecular Hbond substituents is 1. The lowest BCUT2D eigenvalue weighted by Crippen LogP contribution is -2.47. The third-order valence-corrected chi connectivity index (χ3v) is 3.23. The molecule has 3 N–H and O–H groups in total. The van der Waals surface area contributed by atoms with Crippen LogP contribution < -0.4 is 5.73 Å². The number of piperazine rings is 1. The van der Waals surface area contributed by atoms with E-state index in [1.165, 1.54) is 5.56 Å². The van der Waals surface area contributed by atoms with Crippen LogP contribution in [-0.4, -0.2) is 54.2 Å². The standard InChI is InChI=1S/C13H21N3O/c14-4-5-15-6-8-16(9-7-15)11-12-2-1-3-13(17)10-12/h1-3,10,17H,4-9,11,14H2. The highest BCUT2D eigenvalue weighted by Crippen LogP contribution is 2.14. The molecule has 1 aromatic carbocycles. The Morgan fingerprint density at radius 3 is 2.47 bits per heavy atom. The quantitative estimate of drug-likeness (QED) is 0.796. The van der Waals surface area contributed by atoms with E-state index in [-0.39, 0.29) is 0 Å². The maximum Gasteiger partial charge on any atom is 0.115 e. The molecule has 1 aliphatic rings. The Morgan fingerprint density at radius 2 is 1.82 bits per heavy atom. The molecule has 2 rings (SSSR count). The van der Waals surface area contributed by atoms with Crippen molar-refractivity contribution in [3.8, 4) is 5.75 Å². The SMILES string of the molecule is NCCN1CCN(Cc2cccc(O)c2)CC1. The minimum Gasteiger partial charge on any atom is -0.508 e. The lowest BCUT2D eigenvalue weighted by atomic mass is 10.2. The number of phenols is 1. The van der Waals surface area contributed by atoms with Crippen molar-refractivity contribution in [2.45, 2.75) is 6.54 Å². The molecule has 0 aromatic heterocycles. The van der Waals surface area contributed by atoms with Crippen molar-refractivity contribution in [3.05, 3.63) is 29.8 Å². The minimum atomic E-state index is 0.351. The van der Waals surface area contributed by atoms with E-state index in [9.17, 15) is 5.11 Å². The number of rotatable bonds is 4. The number of benzene rings is 1. The molecule has 0 unspecified atom stereocenters. The van der Waals surface area contributed by atoms with Gasteiger partial charge in [-0.15, -0.1) is 0 Å². The molecule has 1 heterocycles. The van der Waals surface area contributed by atoms with Crippen LogP contribution in [0.5, 0.6) is 5.75 Å². The summed E-state index contributed by atoms with van der Waals surface area (Å²) in [7, 11) is 0. The number of nitrogens with zero attached hydrogens (tertiary/aromatic N) is 2. The molecule has 0 atom stereocenters. The summed E-state index contributed by atoms with van der Waals surface area (Å²) in [6.07, 6.45) is 0. The first-order valence-electron chi connectivity index (χ1n) is 6.20. The third-order valence-electron chi connectivity index (χ3n) is 3.23. The molecule has 4 heteroatoms. The molecule has 0 spiro atoms. The predicted molar refractivity (Wildman–Crippen MR) is 68.9 cm³/mol. The normalized spacial score (nSPS) is 18.4. The second kappa shape index (κ2) is 6.00. The van der Waals surface area contributed by atoms with E-state index < -0.39 is 0 Å². The topological polar surface area (TPSA) is 52.7 Å². The van der Waals surface area contributed by atoms with Gasteiger partial charge in [0.1, 0.15) is 5.75 Å². The number of nitrogens with two attached hydrogens (primary N) is 1. The van der Waals surface area contributed by atoms with Crippen LogP contribution in [0.15, 0.2) is 24.3 Å². The Bertz CT molecular complexity index is 348. The zero-order chi connectivity index (χ0) is 12.1. The Labute approximate surface area is 103 Å². The minimum absolute atomic E-state index is 0.351. The smallest absolute Gasteiger partial charge is 0.115 e. The first-order valence-corrected chi connectivity index (χ1v) is 6.20. The van der Waals surface area contributed by atoms with Gasteiger partial charge in [-0.1, -0.05) is 12.1 Å². The van der Waals surface area contributed by atoms with Gasteiger partial charge in [0, 0.05) is 45.8 Å². The summed E-state index contributed by atoms with van der Waals surface area (Å²) in [5, 5.41) is 9.41. The van der Waals surface area contributed by atoms with E-state index in [2.05, 4.69) is 15.9 Å². The van der Waals surface area contributed by atoms with E-state index in [0.717, 1.165) is 45.8 Å². The molecule has 94 valence electrons. The molecule has 0 amide bonds. The number of aromatic hydroxyl groups is 1. The van der Waals surface area contributed by atoms with Gasteiger partial charge in [-0.3, -0.25) is 9.80 Å². The summed E-state index contributed by atoms with van der Waals surface area (Å²) in [5.74, 6) is 0.351. The van der Waals surface area contributed by atoms with Crippen LogP contribution in [-0.2, 0) is 6.54 Å². The lowest BCUT2D eigenvalue weighted by molar-refractivity contribution is 0.130. The van der Waals surface area contributed by atoms with Crippen molar-refractivity contribution in [1.29, 1.82) is 0 Å². The lowest BCUT2D eigenvalue weighted by Gasteiger charge is -2.34. The highest BCUT2D eigenvalue weighted by atomic mass is 16.3. The van der Waals surface area contributed by atoms with Crippen LogP contribution in [0, 0.1) is 0 Å². The van der Waals surface area contributed by atoms with Crippen molar-refractivity contribution in [3.63, 3.8) is 0 Å². The van der Waals surface area contributed by atoms with Gasteiger partial charge in [0.15, 0.2) is 0 Å². The van der Waals surface area contributed by atoms with Crippen molar-refractivity contribution < 1.29 is 5.11 Å². The summed E-state index contributed by atoms with van der Waals surface area (Å²) in [4.78, 5) is 4.82. The van der Waals surface area contributed by atoms with Gasteiger partial charge in [-0.25, -0.2) is 0 Å². The van der Waals surface area contributed by atoms with Crippen LogP contribution in [0.2, 0.25) is 0 Å². The summed E-state index contributed by atoms with van der Waals surface area (Å²) in [6, 6.07) is 7.51. The van der Waals surface area contributed by atoms with Crippen molar-refractivity contribution in [2.24, 2.45) is 5.73 Å². The summed E-state index contributed by atoms with van der Waals surface area (Å²) in [5.41, 5.74) is 6.73. The molecule has 0 saturated carbocycles. The molecule has 4 nitrogen and oxygen atoms in total. The fraction of sp³-hybridized carbons (Fsp3) is 0.538. The van der Waals surface area contributed by atoms with Crippen LogP contribution in [0.3, 0.4) is 0 Å². The van der Waals surface area contributed by atoms with Gasteiger partial charge >= 0.3 is 0 Å². The third kappa shape index (κ3) is 3.70. The zero-order valence-corrected chi connectivity index (χ0v) is 10.2. The Hall–Kier alpha value is -1.10. The Morgan fingerprint density at radius 1 is 1.12 bits per heavy atom. The molecule has 1 aromatic rings. The van der Waals surface area contributed by atoms with E-state index in [0.29, 0.717) is 5.75 Å². The second-order valence-corrected chi connectivity index (χ2v) is 4.58. The maximum absolute atomic E-state index is 9.41. The summed E-state index contributed by atoms with van der Waals surface area (Å²) in [6.45, 7) is 7.01. The van der Waals surface area contributed by atoms with Crippen LogP contribution in [0.25, 0.3) is 0 Å². The molecular formula is C13H21N3O. The van der Waals surface area contributed by atoms with Crippen LogP contribution in [0.1, 0.15) is 5.56 Å². The number of hydrogen-bond acceptors (Lipinski definition) is 4. The van der Waals surface area contributed by atoms with Gasteiger partial charge in [0.05, 0.1) is 0 Å². The van der Waals surface area contributed by atoms with Crippen molar-refractivity contribution in [1.82, 2.24) is 9.80 Å². The molecule has 17 heavy (non-hydrogen) atoms. The van der Waals surface area contributed by atoms with Crippen molar-refractivity contribution in [2.75, 3.05) is 39.3 Å². The molecule has 1 saturated heterocycles. The average Bonchev–Trinajstić information content (AvgIpc) is 2.32. The Kier molecular flexibility index (Phi) is 4.36. The monoisotopic (exact) mass is 235 g/mol. The fourth-order valence-electron chi connectivity index (χ4n) is 2.27. The van der Waals surface area contributed by atoms with E-state index in [1.54, 1.807) is 6.07 Å². The number of hydrogen-bond donors (Lipinski definition) is 2. The highest BCUT2D eigenvalue weighted by molar-refractivity contribution is 5.27. The summed E-state index contributed by atoms with van der Waals surface area (Å²) >= 11 is 0. The molecule has 0 radical (unpaired) electrons. The molecule has 0 bridgehead atoms. The molecular weight excluding hydrogens is 214 g/mol. The Balaban J connectivity index is 1.82. The van der Waals surface area contributed by atoms with Crippen LogP contribution >= 0.6 is 0 Å². The molecule has 1 fully saturated rings. The van der Waals surface area contributed by atoms with Crippen LogP contribution in [0.4, 0.5) is 0 Å². The average molecular weight is 235 g/mol. The zero-order valence-electron chi connectivity index (χ0n) is 10.2. The fourth-order valence-corrected chi connectivity index (χ4v) is 2.27.